The van der Waals surface area contributed by atoms with Gasteiger partial charge in [-0.3, -0.25) is 9.59 Å². The summed E-state index contributed by atoms with van der Waals surface area (Å²) in [6.45, 7) is 1.02. The molecule has 5 nitrogen and oxygen atoms in total. The number of rotatable bonds is 3. The number of nitrogens with one attached hydrogen (secondary N) is 3. The van der Waals surface area contributed by atoms with Gasteiger partial charge < -0.3 is 16.0 Å². The van der Waals surface area contributed by atoms with E-state index < -0.39 is 0 Å². The van der Waals surface area contributed by atoms with Gasteiger partial charge in [0.05, 0.1) is 12.6 Å². The zero-order valence-corrected chi connectivity index (χ0v) is 9.58. The van der Waals surface area contributed by atoms with E-state index in [2.05, 4.69) is 16.0 Å². The fourth-order valence-corrected chi connectivity index (χ4v) is 2.84. The van der Waals surface area contributed by atoms with E-state index in [-0.39, 0.29) is 24.4 Å². The maximum absolute atomic E-state index is 11.9. The normalized spacial score (nSPS) is 32.2. The minimum atomic E-state index is -0.158. The van der Waals surface area contributed by atoms with E-state index in [4.69, 9.17) is 0 Å². The minimum Gasteiger partial charge on any atom is -0.358 e. The molecule has 1 aliphatic heterocycles. The highest BCUT2D eigenvalue weighted by molar-refractivity contribution is 5.87. The van der Waals surface area contributed by atoms with Crippen LogP contribution in [-0.2, 0) is 9.59 Å². The number of carbonyl (C=O) groups excluding carboxylic acids is 2. The Morgan fingerprint density at radius 1 is 1.38 bits per heavy atom. The van der Waals surface area contributed by atoms with Crippen molar-refractivity contribution in [1.29, 1.82) is 0 Å². The molecule has 5 heteroatoms. The Morgan fingerprint density at radius 2 is 2.19 bits per heavy atom. The molecule has 0 aromatic rings. The van der Waals surface area contributed by atoms with Crippen LogP contribution in [0.15, 0.2) is 0 Å². The van der Waals surface area contributed by atoms with Gasteiger partial charge in [-0.15, -0.1) is 0 Å². The average molecular weight is 225 g/mol. The third-order valence-electron chi connectivity index (χ3n) is 3.73. The van der Waals surface area contributed by atoms with Crippen molar-refractivity contribution in [3.05, 3.63) is 0 Å². The molecule has 0 aromatic carbocycles. The molecule has 2 amide bonds. The number of amides is 2. The van der Waals surface area contributed by atoms with E-state index in [1.54, 1.807) is 7.05 Å². The van der Waals surface area contributed by atoms with Gasteiger partial charge in [0.15, 0.2) is 0 Å². The monoisotopic (exact) mass is 225 g/mol. The Labute approximate surface area is 95.3 Å². The Hall–Kier alpha value is -1.10. The number of fused-ring (bicyclic) bond motifs is 1. The summed E-state index contributed by atoms with van der Waals surface area (Å²) in [5.41, 5.74) is 0. The topological polar surface area (TPSA) is 70.2 Å². The Kier molecular flexibility index (Phi) is 3.43. The van der Waals surface area contributed by atoms with Gasteiger partial charge in [-0.1, -0.05) is 6.42 Å². The Balaban J connectivity index is 1.83. The third-order valence-corrected chi connectivity index (χ3v) is 3.73. The summed E-state index contributed by atoms with van der Waals surface area (Å²) in [7, 11) is 1.56. The molecule has 1 saturated carbocycles. The van der Waals surface area contributed by atoms with Crippen LogP contribution in [0, 0.1) is 11.8 Å². The molecule has 2 aliphatic rings. The van der Waals surface area contributed by atoms with Crippen molar-refractivity contribution in [2.75, 3.05) is 20.1 Å². The first-order chi connectivity index (χ1) is 7.72. The van der Waals surface area contributed by atoms with Crippen LogP contribution in [-0.4, -0.2) is 38.0 Å². The van der Waals surface area contributed by atoms with Gasteiger partial charge in [0.25, 0.3) is 0 Å². The predicted molar refractivity (Wildman–Crippen MR) is 59.7 cm³/mol. The maximum atomic E-state index is 11.9. The smallest absolute Gasteiger partial charge is 0.239 e. The molecule has 16 heavy (non-hydrogen) atoms. The molecular weight excluding hydrogens is 206 g/mol. The lowest BCUT2D eigenvalue weighted by Gasteiger charge is -2.17. The van der Waals surface area contributed by atoms with E-state index >= 15 is 0 Å². The lowest BCUT2D eigenvalue weighted by Crippen LogP contribution is -2.46. The van der Waals surface area contributed by atoms with Crippen molar-refractivity contribution in [3.63, 3.8) is 0 Å². The Morgan fingerprint density at radius 3 is 2.94 bits per heavy atom. The van der Waals surface area contributed by atoms with Crippen LogP contribution in [0.2, 0.25) is 0 Å². The van der Waals surface area contributed by atoms with Gasteiger partial charge in [-0.2, -0.15) is 0 Å². The van der Waals surface area contributed by atoms with E-state index in [0.29, 0.717) is 11.8 Å². The maximum Gasteiger partial charge on any atom is 0.239 e. The molecule has 90 valence electrons. The largest absolute Gasteiger partial charge is 0.358 e. The first-order valence-electron chi connectivity index (χ1n) is 5.94. The van der Waals surface area contributed by atoms with Crippen LogP contribution < -0.4 is 16.0 Å². The quantitative estimate of drug-likeness (QED) is 0.591. The van der Waals surface area contributed by atoms with Crippen molar-refractivity contribution < 1.29 is 9.59 Å². The zero-order valence-electron chi connectivity index (χ0n) is 9.58. The summed E-state index contributed by atoms with van der Waals surface area (Å²) < 4.78 is 0. The van der Waals surface area contributed by atoms with E-state index in [1.807, 2.05) is 0 Å². The van der Waals surface area contributed by atoms with Crippen molar-refractivity contribution >= 4 is 11.8 Å². The van der Waals surface area contributed by atoms with Gasteiger partial charge in [0.2, 0.25) is 11.8 Å². The molecule has 1 heterocycles. The van der Waals surface area contributed by atoms with Gasteiger partial charge in [0.1, 0.15) is 0 Å². The van der Waals surface area contributed by atoms with Crippen molar-refractivity contribution in [3.8, 4) is 0 Å². The summed E-state index contributed by atoms with van der Waals surface area (Å²) >= 11 is 0. The highest BCUT2D eigenvalue weighted by Gasteiger charge is 2.42. The summed E-state index contributed by atoms with van der Waals surface area (Å²) in [4.78, 5) is 22.9. The zero-order chi connectivity index (χ0) is 11.5. The summed E-state index contributed by atoms with van der Waals surface area (Å²) in [5, 5.41) is 8.41. The second kappa shape index (κ2) is 4.82. The van der Waals surface area contributed by atoms with Crippen LogP contribution in [0.1, 0.15) is 19.3 Å². The minimum absolute atomic E-state index is 0.0296. The van der Waals surface area contributed by atoms with E-state index in [9.17, 15) is 9.59 Å². The van der Waals surface area contributed by atoms with Gasteiger partial charge in [-0.25, -0.2) is 0 Å². The molecule has 0 bridgehead atoms. The van der Waals surface area contributed by atoms with Crippen LogP contribution in [0.4, 0.5) is 0 Å². The Bertz CT molecular complexity index is 293. The highest BCUT2D eigenvalue weighted by atomic mass is 16.2. The fraction of sp³-hybridized carbons (Fsp3) is 0.818. The molecule has 0 aromatic heterocycles. The second-order valence-electron chi connectivity index (χ2n) is 4.63. The summed E-state index contributed by atoms with van der Waals surface area (Å²) in [5.74, 6) is 0.952. The molecule has 1 aliphatic carbocycles. The lowest BCUT2D eigenvalue weighted by atomic mass is 9.94. The number of likely N-dealkylation sites (N-methyl/N-ethyl adjacent to an activating group) is 1. The molecule has 3 N–H and O–H groups in total. The number of hydrogen-bond acceptors (Lipinski definition) is 3. The van der Waals surface area contributed by atoms with Crippen molar-refractivity contribution in [2.24, 2.45) is 11.8 Å². The van der Waals surface area contributed by atoms with Crippen LogP contribution in [0.5, 0.6) is 0 Å². The first kappa shape index (κ1) is 11.4. The predicted octanol–water partition coefficient (Wildman–Crippen LogP) is -0.763. The van der Waals surface area contributed by atoms with E-state index in [1.165, 1.54) is 12.8 Å². The molecule has 0 radical (unpaired) electrons. The molecule has 3 atom stereocenters. The lowest BCUT2D eigenvalue weighted by molar-refractivity contribution is -0.127. The fourth-order valence-electron chi connectivity index (χ4n) is 2.84. The van der Waals surface area contributed by atoms with Gasteiger partial charge in [-0.05, 0) is 31.2 Å². The molecule has 1 saturated heterocycles. The molecular formula is C11H19N3O2. The highest BCUT2D eigenvalue weighted by Crippen LogP contribution is 2.37. The summed E-state index contributed by atoms with van der Waals surface area (Å²) in [6, 6.07) is -0.0860. The number of hydrogen-bond donors (Lipinski definition) is 3. The van der Waals surface area contributed by atoms with E-state index in [0.717, 1.165) is 13.0 Å². The molecule has 0 spiro atoms. The molecule has 2 fully saturated rings. The van der Waals surface area contributed by atoms with Crippen molar-refractivity contribution in [1.82, 2.24) is 16.0 Å². The van der Waals surface area contributed by atoms with Crippen LogP contribution in [0.3, 0.4) is 0 Å². The van der Waals surface area contributed by atoms with Crippen LogP contribution in [0.25, 0.3) is 0 Å². The SMILES string of the molecule is CNC(=O)CNC(=O)C1NCC2CCCC21. The summed E-state index contributed by atoms with van der Waals surface area (Å²) in [6.07, 6.45) is 3.60. The third kappa shape index (κ3) is 2.19. The van der Waals surface area contributed by atoms with Crippen molar-refractivity contribution in [2.45, 2.75) is 25.3 Å². The van der Waals surface area contributed by atoms with Gasteiger partial charge >= 0.3 is 0 Å². The second-order valence-corrected chi connectivity index (χ2v) is 4.63. The molecule has 2 rings (SSSR count). The number of carbonyl (C=O) groups is 2. The molecule has 3 unspecified atom stereocenters. The average Bonchev–Trinajstić information content (AvgIpc) is 2.86. The standard InChI is InChI=1S/C11H19N3O2/c1-12-9(15)6-14-11(16)10-8-4-2-3-7(8)5-13-10/h7-8,10,13H,2-6H2,1H3,(H,12,15)(H,14,16). The first-order valence-corrected chi connectivity index (χ1v) is 5.94. The van der Waals surface area contributed by atoms with Crippen LogP contribution >= 0.6 is 0 Å². The van der Waals surface area contributed by atoms with Gasteiger partial charge in [0, 0.05) is 7.05 Å².